The van der Waals surface area contributed by atoms with Crippen LogP contribution in [0.5, 0.6) is 0 Å². The van der Waals surface area contributed by atoms with Gasteiger partial charge in [-0.25, -0.2) is 9.18 Å². The highest BCUT2D eigenvalue weighted by molar-refractivity contribution is 8.26. The zero-order chi connectivity index (χ0) is 18.0. The molecule has 1 amide bonds. The van der Waals surface area contributed by atoms with E-state index in [-0.39, 0.29) is 32.2 Å². The summed E-state index contributed by atoms with van der Waals surface area (Å²) in [4.78, 5) is 25.4. The minimum Gasteiger partial charge on any atom is -0.480 e. The summed E-state index contributed by atoms with van der Waals surface area (Å²) < 4.78 is 14.0. The number of rotatable bonds is 5. The van der Waals surface area contributed by atoms with Gasteiger partial charge in [0.15, 0.2) is 0 Å². The number of amides is 1. The number of aliphatic carboxylic acids is 1. The van der Waals surface area contributed by atoms with E-state index >= 15 is 0 Å². The van der Waals surface area contributed by atoms with Crippen molar-refractivity contribution < 1.29 is 19.1 Å². The van der Waals surface area contributed by atoms with E-state index < -0.39 is 23.7 Å². The van der Waals surface area contributed by atoms with Crippen LogP contribution < -0.4 is 0 Å². The highest BCUT2D eigenvalue weighted by Gasteiger charge is 2.40. The number of nitrogens with zero attached hydrogens (tertiary/aromatic N) is 1. The Hall–Kier alpha value is -1.44. The molecule has 0 aliphatic carbocycles. The number of carbonyl (C=O) groups excluding carboxylic acids is 1. The number of halogens is 2. The Kier molecular flexibility index (Phi) is 6.01. The van der Waals surface area contributed by atoms with E-state index in [1.165, 1.54) is 24.3 Å². The first kappa shape index (κ1) is 18.9. The van der Waals surface area contributed by atoms with Gasteiger partial charge in [-0.15, -0.1) is 0 Å². The summed E-state index contributed by atoms with van der Waals surface area (Å²) in [5.41, 5.74) is 0.0791. The second kappa shape index (κ2) is 7.63. The van der Waals surface area contributed by atoms with E-state index in [0.717, 1.165) is 16.7 Å². The number of hydrogen-bond donors (Lipinski definition) is 1. The van der Waals surface area contributed by atoms with Crippen molar-refractivity contribution in [2.45, 2.75) is 26.3 Å². The highest BCUT2D eigenvalue weighted by atomic mass is 35.5. The smallest absolute Gasteiger partial charge is 0.326 e. The van der Waals surface area contributed by atoms with Gasteiger partial charge in [0.05, 0.1) is 9.93 Å². The molecule has 0 radical (unpaired) electrons. The Morgan fingerprint density at radius 3 is 2.71 bits per heavy atom. The number of benzene rings is 1. The van der Waals surface area contributed by atoms with Crippen LogP contribution in [0.2, 0.25) is 5.02 Å². The van der Waals surface area contributed by atoms with Gasteiger partial charge < -0.3 is 5.11 Å². The molecule has 1 saturated heterocycles. The van der Waals surface area contributed by atoms with Gasteiger partial charge >= 0.3 is 5.97 Å². The third-order valence-electron chi connectivity index (χ3n) is 3.39. The average molecular weight is 388 g/mol. The maximum absolute atomic E-state index is 13.9. The van der Waals surface area contributed by atoms with Crippen molar-refractivity contribution >= 4 is 57.9 Å². The Bertz CT molecular complexity index is 716. The third kappa shape index (κ3) is 3.96. The van der Waals surface area contributed by atoms with E-state index in [9.17, 15) is 19.1 Å². The van der Waals surface area contributed by atoms with Gasteiger partial charge in [0.1, 0.15) is 16.2 Å². The summed E-state index contributed by atoms with van der Waals surface area (Å²) in [7, 11) is 0. The molecule has 0 saturated carbocycles. The lowest BCUT2D eigenvalue weighted by Gasteiger charge is -2.24. The van der Waals surface area contributed by atoms with Crippen LogP contribution in [0.25, 0.3) is 6.08 Å². The zero-order valence-corrected chi connectivity index (χ0v) is 15.3. The fourth-order valence-corrected chi connectivity index (χ4v) is 3.85. The van der Waals surface area contributed by atoms with Crippen molar-refractivity contribution in [2.24, 2.45) is 5.92 Å². The van der Waals surface area contributed by atoms with Crippen molar-refractivity contribution in [1.29, 1.82) is 0 Å². The maximum Gasteiger partial charge on any atom is 0.326 e. The maximum atomic E-state index is 13.9. The molecule has 24 heavy (non-hydrogen) atoms. The minimum atomic E-state index is -1.12. The minimum absolute atomic E-state index is 0.0701. The Labute approximate surface area is 153 Å². The summed E-state index contributed by atoms with van der Waals surface area (Å²) in [6.07, 6.45) is 1.58. The summed E-state index contributed by atoms with van der Waals surface area (Å²) >= 11 is 12.1. The molecule has 0 bridgehead atoms. The van der Waals surface area contributed by atoms with E-state index in [2.05, 4.69) is 0 Å². The molecule has 1 atom stereocenters. The second-order valence-electron chi connectivity index (χ2n) is 5.67. The molecular weight excluding hydrogens is 373 g/mol. The first-order valence-corrected chi connectivity index (χ1v) is 8.76. The van der Waals surface area contributed by atoms with Gasteiger partial charge in [-0.3, -0.25) is 9.69 Å². The van der Waals surface area contributed by atoms with Gasteiger partial charge in [0.2, 0.25) is 0 Å². The van der Waals surface area contributed by atoms with Crippen molar-refractivity contribution in [2.75, 3.05) is 0 Å². The van der Waals surface area contributed by atoms with Crippen molar-refractivity contribution in [3.8, 4) is 0 Å². The van der Waals surface area contributed by atoms with E-state index in [1.54, 1.807) is 0 Å². The number of carbonyl (C=O) groups is 2. The second-order valence-corrected chi connectivity index (χ2v) is 7.75. The molecule has 1 N–H and O–H groups in total. The normalized spacial score (nSPS) is 17.9. The van der Waals surface area contributed by atoms with Gasteiger partial charge in [0.25, 0.3) is 5.91 Å². The molecule has 1 aromatic rings. The van der Waals surface area contributed by atoms with Gasteiger partial charge in [0, 0.05) is 5.56 Å². The molecule has 0 aromatic heterocycles. The molecule has 2 rings (SSSR count). The van der Waals surface area contributed by atoms with Gasteiger partial charge in [-0.1, -0.05) is 55.5 Å². The van der Waals surface area contributed by atoms with Crippen LogP contribution in [0, 0.1) is 11.7 Å². The fourth-order valence-electron chi connectivity index (χ4n) is 2.29. The van der Waals surface area contributed by atoms with Crippen LogP contribution in [0.3, 0.4) is 0 Å². The first-order chi connectivity index (χ1) is 11.2. The molecule has 1 unspecified atom stereocenters. The van der Waals surface area contributed by atoms with Crippen LogP contribution in [0.4, 0.5) is 4.39 Å². The lowest BCUT2D eigenvalue weighted by atomic mass is 10.0. The fraction of sp³-hybridized carbons (Fsp3) is 0.312. The predicted molar refractivity (Wildman–Crippen MR) is 97.3 cm³/mol. The lowest BCUT2D eigenvalue weighted by molar-refractivity contribution is -0.145. The Balaban J connectivity index is 2.38. The van der Waals surface area contributed by atoms with Crippen LogP contribution >= 0.6 is 35.6 Å². The molecule has 1 aliphatic rings. The lowest BCUT2D eigenvalue weighted by Crippen LogP contribution is -2.44. The molecule has 1 fully saturated rings. The number of thiocarbonyl (C=S) groups is 1. The number of carboxylic acid groups (broad SMARTS) is 1. The van der Waals surface area contributed by atoms with Crippen molar-refractivity contribution in [3.63, 3.8) is 0 Å². The molecule has 128 valence electrons. The zero-order valence-electron chi connectivity index (χ0n) is 13.0. The largest absolute Gasteiger partial charge is 0.480 e. The van der Waals surface area contributed by atoms with Crippen LogP contribution in [0.1, 0.15) is 25.8 Å². The van der Waals surface area contributed by atoms with Crippen molar-refractivity contribution in [3.05, 3.63) is 39.5 Å². The van der Waals surface area contributed by atoms with Crippen LogP contribution in [-0.4, -0.2) is 32.2 Å². The number of thioether (sulfide) groups is 1. The van der Waals surface area contributed by atoms with Gasteiger partial charge in [-0.2, -0.15) is 0 Å². The van der Waals surface area contributed by atoms with E-state index in [4.69, 9.17) is 23.8 Å². The summed E-state index contributed by atoms with van der Waals surface area (Å²) in [6.45, 7) is 3.73. The van der Waals surface area contributed by atoms with E-state index in [1.807, 2.05) is 13.8 Å². The predicted octanol–water partition coefficient (Wildman–Crippen LogP) is 4.18. The molecule has 1 aromatic carbocycles. The molecule has 1 aliphatic heterocycles. The number of hydrogen-bond acceptors (Lipinski definition) is 4. The highest BCUT2D eigenvalue weighted by Crippen LogP contribution is 2.36. The van der Waals surface area contributed by atoms with Crippen molar-refractivity contribution in [1.82, 2.24) is 4.90 Å². The summed E-state index contributed by atoms with van der Waals surface area (Å²) in [5.74, 6) is -2.16. The average Bonchev–Trinajstić information content (AvgIpc) is 2.75. The van der Waals surface area contributed by atoms with E-state index in [0.29, 0.717) is 0 Å². The quantitative estimate of drug-likeness (QED) is 0.606. The Morgan fingerprint density at radius 1 is 1.50 bits per heavy atom. The SMILES string of the molecule is CC(C)CC(C(=O)O)N1C(=O)/C(=C/c2c(F)cccc2Cl)SC1=S. The third-order valence-corrected chi connectivity index (χ3v) is 5.05. The Morgan fingerprint density at radius 2 is 2.17 bits per heavy atom. The van der Waals surface area contributed by atoms with Crippen LogP contribution in [0.15, 0.2) is 23.1 Å². The molecule has 8 heteroatoms. The molecule has 1 heterocycles. The van der Waals surface area contributed by atoms with Gasteiger partial charge in [-0.05, 0) is 30.5 Å². The first-order valence-electron chi connectivity index (χ1n) is 7.16. The monoisotopic (exact) mass is 387 g/mol. The molecule has 4 nitrogen and oxygen atoms in total. The van der Waals surface area contributed by atoms with Crippen LogP contribution in [-0.2, 0) is 9.59 Å². The summed E-state index contributed by atoms with van der Waals surface area (Å²) in [5, 5.41) is 9.58. The molecular formula is C16H15ClFNO3S2. The standard InChI is InChI=1S/C16H15ClFNO3S2/c1-8(2)6-12(15(21)22)19-14(20)13(24-16(19)23)7-9-10(17)4-3-5-11(9)18/h3-5,7-8,12H,6H2,1-2H3,(H,21,22)/b13-7-. The topological polar surface area (TPSA) is 57.6 Å². The number of carboxylic acids is 1. The molecule has 0 spiro atoms. The summed E-state index contributed by atoms with van der Waals surface area (Å²) in [6, 6.07) is 3.16.